The predicted molar refractivity (Wildman–Crippen MR) is 105 cm³/mol. The monoisotopic (exact) mass is 368 g/mol. The van der Waals surface area contributed by atoms with E-state index in [1.54, 1.807) is 32.1 Å². The lowest BCUT2D eigenvalue weighted by Crippen LogP contribution is -2.25. The zero-order chi connectivity index (χ0) is 19.4. The van der Waals surface area contributed by atoms with Crippen LogP contribution in [0.3, 0.4) is 0 Å². The summed E-state index contributed by atoms with van der Waals surface area (Å²) in [5.41, 5.74) is 3.42. The Morgan fingerprint density at radius 3 is 2.56 bits per heavy atom. The molecular formula is C22H22F2N2O. The highest BCUT2D eigenvalue weighted by molar-refractivity contribution is 5.91. The number of amides is 1. The lowest BCUT2D eigenvalue weighted by Gasteiger charge is -2.09. The molecule has 5 heteroatoms. The smallest absolute Gasteiger partial charge is 0.244 e. The molecule has 3 aromatic rings. The number of fused-ring (bicyclic) bond motifs is 1. The molecule has 0 atom stereocenters. The van der Waals surface area contributed by atoms with Crippen molar-refractivity contribution in [3.05, 3.63) is 76.7 Å². The molecule has 1 aromatic heterocycles. The summed E-state index contributed by atoms with van der Waals surface area (Å²) in [4.78, 5) is 12.0. The van der Waals surface area contributed by atoms with Crippen LogP contribution in [0.5, 0.6) is 0 Å². The number of aryl methyl sites for hydroxylation is 2. The van der Waals surface area contributed by atoms with Crippen LogP contribution in [0.4, 0.5) is 8.78 Å². The summed E-state index contributed by atoms with van der Waals surface area (Å²) in [7, 11) is 0. The standard InChI is InChI=1S/C22H22F2N2O/c1-15-11-17(12-16(2)22(15)24)7-8-21(27)25-9-10-26-19(14-23)13-18-5-3-4-6-20(18)26/h3-8,11-13H,9-10,14H2,1-2H3,(H,25,27)/b8-7+. The molecule has 0 saturated carbocycles. The van der Waals surface area contributed by atoms with E-state index in [1.165, 1.54) is 6.08 Å². The normalized spacial score (nSPS) is 11.4. The number of para-hydroxylation sites is 1. The Morgan fingerprint density at radius 2 is 1.85 bits per heavy atom. The second-order valence-corrected chi connectivity index (χ2v) is 6.57. The molecular weight excluding hydrogens is 346 g/mol. The lowest BCUT2D eigenvalue weighted by atomic mass is 10.1. The van der Waals surface area contributed by atoms with Crippen molar-refractivity contribution in [2.24, 2.45) is 0 Å². The Morgan fingerprint density at radius 1 is 1.15 bits per heavy atom. The molecule has 1 heterocycles. The van der Waals surface area contributed by atoms with Crippen LogP contribution in [0.15, 0.2) is 48.5 Å². The minimum atomic E-state index is -0.550. The molecule has 0 aliphatic carbocycles. The van der Waals surface area contributed by atoms with Gasteiger partial charge < -0.3 is 9.88 Å². The van der Waals surface area contributed by atoms with Crippen molar-refractivity contribution in [3.63, 3.8) is 0 Å². The first-order valence-corrected chi connectivity index (χ1v) is 8.85. The third-order valence-corrected chi connectivity index (χ3v) is 4.55. The van der Waals surface area contributed by atoms with Gasteiger partial charge in [0.15, 0.2) is 0 Å². The Hall–Kier alpha value is -2.95. The number of halogens is 2. The molecule has 3 nitrogen and oxygen atoms in total. The summed E-state index contributed by atoms with van der Waals surface area (Å²) < 4.78 is 28.8. The fraction of sp³-hybridized carbons (Fsp3) is 0.227. The Labute approximate surface area is 157 Å². The van der Waals surface area contributed by atoms with Gasteiger partial charge in [0, 0.05) is 24.7 Å². The van der Waals surface area contributed by atoms with Crippen LogP contribution in [0.2, 0.25) is 0 Å². The Bertz CT molecular complexity index is 982. The molecule has 27 heavy (non-hydrogen) atoms. The zero-order valence-corrected chi connectivity index (χ0v) is 15.4. The molecule has 0 bridgehead atoms. The summed E-state index contributed by atoms with van der Waals surface area (Å²) in [6.07, 6.45) is 3.09. The summed E-state index contributed by atoms with van der Waals surface area (Å²) >= 11 is 0. The average Bonchev–Trinajstić information content (AvgIpc) is 3.02. The molecule has 3 rings (SSSR count). The number of nitrogens with zero attached hydrogens (tertiary/aromatic N) is 1. The first kappa shape index (κ1) is 18.8. The van der Waals surface area contributed by atoms with Gasteiger partial charge in [0.2, 0.25) is 5.91 Å². The van der Waals surface area contributed by atoms with Gasteiger partial charge in [-0.05, 0) is 66.3 Å². The quantitative estimate of drug-likeness (QED) is 0.629. The number of hydrogen-bond acceptors (Lipinski definition) is 1. The number of alkyl halides is 1. The minimum absolute atomic E-state index is 0.223. The highest BCUT2D eigenvalue weighted by Crippen LogP contribution is 2.20. The van der Waals surface area contributed by atoms with Gasteiger partial charge in [0.1, 0.15) is 12.5 Å². The maximum Gasteiger partial charge on any atom is 0.244 e. The van der Waals surface area contributed by atoms with E-state index >= 15 is 0 Å². The van der Waals surface area contributed by atoms with E-state index in [-0.39, 0.29) is 11.7 Å². The van der Waals surface area contributed by atoms with Crippen molar-refractivity contribution in [1.82, 2.24) is 9.88 Å². The molecule has 0 spiro atoms. The van der Waals surface area contributed by atoms with Gasteiger partial charge >= 0.3 is 0 Å². The van der Waals surface area contributed by atoms with Gasteiger partial charge in [-0.2, -0.15) is 0 Å². The summed E-state index contributed by atoms with van der Waals surface area (Å²) in [6.45, 7) is 3.72. The van der Waals surface area contributed by atoms with Crippen molar-refractivity contribution in [2.45, 2.75) is 27.1 Å². The molecule has 0 saturated heterocycles. The number of aromatic nitrogens is 1. The van der Waals surface area contributed by atoms with Crippen LogP contribution in [0, 0.1) is 19.7 Å². The van der Waals surface area contributed by atoms with Crippen molar-refractivity contribution in [1.29, 1.82) is 0 Å². The Balaban J connectivity index is 1.62. The van der Waals surface area contributed by atoms with Crippen LogP contribution in [-0.4, -0.2) is 17.0 Å². The third kappa shape index (κ3) is 4.25. The molecule has 0 radical (unpaired) electrons. The molecule has 1 amide bonds. The molecule has 2 aromatic carbocycles. The molecule has 0 unspecified atom stereocenters. The molecule has 0 aliphatic rings. The van der Waals surface area contributed by atoms with E-state index in [0.29, 0.717) is 29.9 Å². The fourth-order valence-corrected chi connectivity index (χ4v) is 3.24. The van der Waals surface area contributed by atoms with E-state index in [2.05, 4.69) is 5.32 Å². The van der Waals surface area contributed by atoms with Crippen LogP contribution in [0.1, 0.15) is 22.4 Å². The molecule has 1 N–H and O–H groups in total. The average molecular weight is 368 g/mol. The first-order chi connectivity index (χ1) is 13.0. The number of benzene rings is 2. The van der Waals surface area contributed by atoms with Crippen LogP contribution in [0.25, 0.3) is 17.0 Å². The van der Waals surface area contributed by atoms with E-state index < -0.39 is 6.67 Å². The first-order valence-electron chi connectivity index (χ1n) is 8.85. The second kappa shape index (κ2) is 8.16. The summed E-state index contributed by atoms with van der Waals surface area (Å²) in [5, 5.41) is 3.79. The van der Waals surface area contributed by atoms with Gasteiger partial charge in [0.25, 0.3) is 0 Å². The van der Waals surface area contributed by atoms with E-state index in [0.717, 1.165) is 16.5 Å². The van der Waals surface area contributed by atoms with E-state index in [9.17, 15) is 13.6 Å². The lowest BCUT2D eigenvalue weighted by molar-refractivity contribution is -0.116. The van der Waals surface area contributed by atoms with Crippen molar-refractivity contribution >= 4 is 22.9 Å². The highest BCUT2D eigenvalue weighted by atomic mass is 19.1. The number of rotatable bonds is 6. The number of carbonyl (C=O) groups is 1. The maximum atomic E-state index is 13.7. The Kier molecular flexibility index (Phi) is 5.69. The van der Waals surface area contributed by atoms with Gasteiger partial charge in [-0.1, -0.05) is 18.2 Å². The summed E-state index contributed by atoms with van der Waals surface area (Å²) in [6, 6.07) is 12.9. The van der Waals surface area contributed by atoms with Crippen LogP contribution >= 0.6 is 0 Å². The summed E-state index contributed by atoms with van der Waals surface area (Å²) in [5.74, 6) is -0.466. The number of nitrogens with one attached hydrogen (secondary N) is 1. The van der Waals surface area contributed by atoms with E-state index in [1.807, 2.05) is 34.9 Å². The van der Waals surface area contributed by atoms with Gasteiger partial charge in [-0.3, -0.25) is 4.79 Å². The van der Waals surface area contributed by atoms with Crippen molar-refractivity contribution < 1.29 is 13.6 Å². The number of hydrogen-bond donors (Lipinski definition) is 1. The molecule has 140 valence electrons. The second-order valence-electron chi connectivity index (χ2n) is 6.57. The van der Waals surface area contributed by atoms with Gasteiger partial charge in [0.05, 0.1) is 5.69 Å². The minimum Gasteiger partial charge on any atom is -0.351 e. The predicted octanol–water partition coefficient (Wildman–Crippen LogP) is 4.70. The third-order valence-electron chi connectivity index (χ3n) is 4.55. The van der Waals surface area contributed by atoms with Crippen molar-refractivity contribution in [2.75, 3.05) is 6.54 Å². The van der Waals surface area contributed by atoms with Crippen LogP contribution in [-0.2, 0) is 18.0 Å². The topological polar surface area (TPSA) is 34.0 Å². The van der Waals surface area contributed by atoms with E-state index in [4.69, 9.17) is 0 Å². The zero-order valence-electron chi connectivity index (χ0n) is 15.4. The van der Waals surface area contributed by atoms with Gasteiger partial charge in [-0.15, -0.1) is 0 Å². The molecule has 0 aliphatic heterocycles. The maximum absolute atomic E-state index is 13.7. The SMILES string of the molecule is Cc1cc(/C=C/C(=O)NCCn2c(CF)cc3ccccc32)cc(C)c1F. The molecule has 0 fully saturated rings. The largest absolute Gasteiger partial charge is 0.351 e. The van der Waals surface area contributed by atoms with Gasteiger partial charge in [-0.25, -0.2) is 8.78 Å². The number of carbonyl (C=O) groups excluding carboxylic acids is 1. The fourth-order valence-electron chi connectivity index (χ4n) is 3.24. The highest BCUT2D eigenvalue weighted by Gasteiger charge is 2.08. The van der Waals surface area contributed by atoms with Crippen molar-refractivity contribution in [3.8, 4) is 0 Å². The van der Waals surface area contributed by atoms with Crippen LogP contribution < -0.4 is 5.32 Å².